The van der Waals surface area contributed by atoms with Gasteiger partial charge in [0.25, 0.3) is 0 Å². The van der Waals surface area contributed by atoms with E-state index in [1.165, 1.54) is 0 Å². The molecule has 0 aliphatic rings. The predicted molar refractivity (Wildman–Crippen MR) is 94.6 cm³/mol. The molecule has 2 nitrogen and oxygen atoms in total. The van der Waals surface area contributed by atoms with E-state index in [1.807, 2.05) is 45.0 Å². The summed E-state index contributed by atoms with van der Waals surface area (Å²) in [6.45, 7) is 7.06. The smallest absolute Gasteiger partial charge is 0.163 e. The second-order valence-electron chi connectivity index (χ2n) is 4.89. The lowest BCUT2D eigenvalue weighted by molar-refractivity contribution is -0.198. The molecule has 0 aliphatic carbocycles. The fourth-order valence-corrected chi connectivity index (χ4v) is 4.25. The normalized spacial score (nSPS) is 15.4. The Hall–Kier alpha value is 0.227. The minimum Gasteiger partial charge on any atom is -0.353 e. The van der Waals surface area contributed by atoms with Gasteiger partial charge in [0.05, 0.1) is 10.2 Å². The van der Waals surface area contributed by atoms with Crippen LogP contribution in [0.5, 0.6) is 0 Å². The molecule has 0 aliphatic heterocycles. The summed E-state index contributed by atoms with van der Waals surface area (Å²) in [6.07, 6.45) is 0.697. The van der Waals surface area contributed by atoms with Crippen molar-refractivity contribution in [3.63, 3.8) is 0 Å². The molecule has 0 heterocycles. The molecule has 0 fully saturated rings. The average Bonchev–Trinajstić information content (AvgIpc) is 2.46. The third-order valence-corrected chi connectivity index (χ3v) is 6.75. The fourth-order valence-electron chi connectivity index (χ4n) is 2.50. The molecule has 1 aromatic rings. The Morgan fingerprint density at radius 3 is 1.86 bits per heavy atom. The highest BCUT2D eigenvalue weighted by atomic mass is 35.5. The molecular weight excluding hydrogens is 347 g/mol. The third kappa shape index (κ3) is 4.15. The first-order chi connectivity index (χ1) is 9.84. The molecular formula is C15H23Cl3O2Si. The second kappa shape index (κ2) is 8.18. The van der Waals surface area contributed by atoms with Crippen molar-refractivity contribution in [1.29, 1.82) is 0 Å². The van der Waals surface area contributed by atoms with Gasteiger partial charge in [0.1, 0.15) is 9.71 Å². The maximum absolute atomic E-state index is 6.96. The van der Waals surface area contributed by atoms with Crippen LogP contribution >= 0.6 is 34.8 Å². The number of alkyl halides is 3. The average molecular weight is 370 g/mol. The van der Waals surface area contributed by atoms with Crippen molar-refractivity contribution >= 4 is 45.0 Å². The van der Waals surface area contributed by atoms with Gasteiger partial charge in [0.2, 0.25) is 0 Å². The molecule has 0 bridgehead atoms. The number of hydrogen-bond acceptors (Lipinski definition) is 2. The highest BCUT2D eigenvalue weighted by Gasteiger charge is 2.48. The van der Waals surface area contributed by atoms with Gasteiger partial charge in [0.15, 0.2) is 5.41 Å². The van der Waals surface area contributed by atoms with Crippen LogP contribution in [-0.2, 0) is 14.3 Å². The van der Waals surface area contributed by atoms with Gasteiger partial charge in [-0.25, -0.2) is 0 Å². The molecule has 0 saturated carbocycles. The Kier molecular flexibility index (Phi) is 7.51. The molecule has 0 N–H and O–H groups in total. The van der Waals surface area contributed by atoms with E-state index in [0.29, 0.717) is 29.9 Å². The Bertz CT molecular complexity index is 433. The lowest BCUT2D eigenvalue weighted by atomic mass is 9.93. The van der Waals surface area contributed by atoms with Crippen LogP contribution in [-0.4, -0.2) is 28.9 Å². The zero-order chi connectivity index (χ0) is 16.1. The fraction of sp³-hybridized carbons (Fsp3) is 0.600. The summed E-state index contributed by atoms with van der Waals surface area (Å²) in [5.41, 5.74) is 1.04. The van der Waals surface area contributed by atoms with Gasteiger partial charge in [-0.2, -0.15) is 0 Å². The van der Waals surface area contributed by atoms with E-state index in [-0.39, 0.29) is 0 Å². The first kappa shape index (κ1) is 19.3. The first-order valence-electron chi connectivity index (χ1n) is 7.20. The van der Waals surface area contributed by atoms with Gasteiger partial charge in [-0.15, -0.1) is 34.8 Å². The Morgan fingerprint density at radius 2 is 1.52 bits per heavy atom. The Labute approximate surface area is 145 Å². The molecule has 0 radical (unpaired) electrons. The molecule has 120 valence electrons. The summed E-state index contributed by atoms with van der Waals surface area (Å²) in [7, 11) is 0.656. The highest BCUT2D eigenvalue weighted by molar-refractivity contribution is 6.44. The predicted octanol–water partition coefficient (Wildman–Crippen LogP) is 4.10. The summed E-state index contributed by atoms with van der Waals surface area (Å²) in [4.78, 5) is -1.26. The molecule has 1 atom stereocenters. The van der Waals surface area contributed by atoms with Gasteiger partial charge in [-0.05, 0) is 31.4 Å². The van der Waals surface area contributed by atoms with E-state index in [1.54, 1.807) is 0 Å². The summed E-state index contributed by atoms with van der Waals surface area (Å²) in [5.74, 6) is 0. The van der Waals surface area contributed by atoms with Gasteiger partial charge in [0, 0.05) is 13.2 Å². The van der Waals surface area contributed by atoms with Crippen molar-refractivity contribution in [2.75, 3.05) is 13.2 Å². The zero-order valence-corrected chi connectivity index (χ0v) is 17.2. The minimum absolute atomic E-state index is 0.537. The molecule has 1 unspecified atom stereocenters. The van der Waals surface area contributed by atoms with Crippen molar-refractivity contribution in [3.8, 4) is 0 Å². The number of hydrogen-bond donors (Lipinski definition) is 0. The maximum atomic E-state index is 6.96. The van der Waals surface area contributed by atoms with Crippen molar-refractivity contribution in [1.82, 2.24) is 0 Å². The number of ether oxygens (including phenoxy) is 2. The first-order valence-corrected chi connectivity index (χ1v) is 9.45. The molecule has 1 rings (SSSR count). The van der Waals surface area contributed by atoms with Crippen LogP contribution in [0.4, 0.5) is 0 Å². The SMILES string of the molecule is CCOC([SiH3])(OCC)C(Cl)(CC)c1ccc(C(Cl)Cl)cc1. The summed E-state index contributed by atoms with van der Waals surface area (Å²) in [6, 6.07) is 7.70. The van der Waals surface area contributed by atoms with Crippen molar-refractivity contribution in [3.05, 3.63) is 35.4 Å². The molecule has 0 aromatic heterocycles. The number of rotatable bonds is 8. The van der Waals surface area contributed by atoms with Crippen LogP contribution in [0.3, 0.4) is 0 Å². The largest absolute Gasteiger partial charge is 0.353 e. The van der Waals surface area contributed by atoms with E-state index in [9.17, 15) is 0 Å². The van der Waals surface area contributed by atoms with Crippen LogP contribution in [0.25, 0.3) is 0 Å². The summed E-state index contributed by atoms with van der Waals surface area (Å²) in [5, 5.41) is 0. The molecule has 0 saturated heterocycles. The van der Waals surface area contributed by atoms with Gasteiger partial charge >= 0.3 is 0 Å². The van der Waals surface area contributed by atoms with Crippen LogP contribution in [0, 0.1) is 0 Å². The Morgan fingerprint density at radius 1 is 1.05 bits per heavy atom. The van der Waals surface area contributed by atoms with Crippen molar-refractivity contribution in [2.45, 2.75) is 42.3 Å². The lowest BCUT2D eigenvalue weighted by Crippen LogP contribution is -2.53. The number of halogens is 3. The maximum Gasteiger partial charge on any atom is 0.163 e. The van der Waals surface area contributed by atoms with E-state index < -0.39 is 15.1 Å². The van der Waals surface area contributed by atoms with Crippen molar-refractivity contribution in [2.24, 2.45) is 0 Å². The third-order valence-electron chi connectivity index (χ3n) is 3.67. The summed E-state index contributed by atoms with van der Waals surface area (Å²) < 4.78 is 11.8. The Balaban J connectivity index is 3.22. The standard InChI is InChI=1S/C15H23Cl3O2Si/c1-4-14(18,15(21,19-5-2)20-6-3)12-9-7-11(8-10-12)13(16)17/h7-10,13H,4-6H2,1-3,21H3. The lowest BCUT2D eigenvalue weighted by Gasteiger charge is -2.44. The van der Waals surface area contributed by atoms with E-state index >= 15 is 0 Å². The van der Waals surface area contributed by atoms with Gasteiger partial charge in [-0.1, -0.05) is 31.2 Å². The monoisotopic (exact) mass is 368 g/mol. The van der Waals surface area contributed by atoms with Crippen LogP contribution < -0.4 is 0 Å². The topological polar surface area (TPSA) is 18.5 Å². The molecule has 21 heavy (non-hydrogen) atoms. The number of benzene rings is 1. The van der Waals surface area contributed by atoms with E-state index in [0.717, 1.165) is 11.1 Å². The molecule has 0 amide bonds. The zero-order valence-electron chi connectivity index (χ0n) is 13.0. The quantitative estimate of drug-likeness (QED) is 0.390. The van der Waals surface area contributed by atoms with Crippen LogP contribution in [0.1, 0.15) is 43.2 Å². The minimum atomic E-state index is -0.768. The van der Waals surface area contributed by atoms with Crippen LogP contribution in [0.2, 0.25) is 0 Å². The van der Waals surface area contributed by atoms with Crippen LogP contribution in [0.15, 0.2) is 24.3 Å². The molecule has 1 aromatic carbocycles. The van der Waals surface area contributed by atoms with E-state index in [4.69, 9.17) is 44.3 Å². The highest BCUT2D eigenvalue weighted by Crippen LogP contribution is 2.44. The second-order valence-corrected chi connectivity index (χ2v) is 7.95. The molecule has 0 spiro atoms. The van der Waals surface area contributed by atoms with E-state index in [2.05, 4.69) is 0 Å². The summed E-state index contributed by atoms with van der Waals surface area (Å²) >= 11 is 18.7. The van der Waals surface area contributed by atoms with Gasteiger partial charge in [-0.3, -0.25) is 0 Å². The van der Waals surface area contributed by atoms with Gasteiger partial charge < -0.3 is 9.47 Å². The van der Waals surface area contributed by atoms with Crippen molar-refractivity contribution < 1.29 is 9.47 Å². The molecule has 6 heteroatoms.